The van der Waals surface area contributed by atoms with Crippen molar-refractivity contribution in [1.82, 2.24) is 20.4 Å². The van der Waals surface area contributed by atoms with E-state index in [4.69, 9.17) is 4.74 Å². The zero-order chi connectivity index (χ0) is 19.8. The number of piperidine rings is 1. The van der Waals surface area contributed by atoms with E-state index in [1.165, 1.54) is 12.4 Å². The summed E-state index contributed by atoms with van der Waals surface area (Å²) in [7, 11) is 1.63. The maximum absolute atomic E-state index is 12.6. The standard InChI is InChI=1S/C21H26N4O3/c1-28-19-6-2-4-17(12-19)13-22-20(26)8-7-16-5-3-11-25(15-16)21(27)18-9-10-23-24-14-18/h2,4,6,9-10,12,14,16H,3,5,7-8,11,13,15H2,1H3,(H,22,26)/t16-/m0/s1. The van der Waals surface area contributed by atoms with Crippen molar-refractivity contribution in [3.8, 4) is 5.75 Å². The molecule has 1 fully saturated rings. The van der Waals surface area contributed by atoms with Crippen LogP contribution < -0.4 is 10.1 Å². The molecule has 28 heavy (non-hydrogen) atoms. The third-order valence-electron chi connectivity index (χ3n) is 5.04. The van der Waals surface area contributed by atoms with Gasteiger partial charge in [0.05, 0.1) is 25.1 Å². The van der Waals surface area contributed by atoms with Crippen molar-refractivity contribution in [1.29, 1.82) is 0 Å². The van der Waals surface area contributed by atoms with Crippen molar-refractivity contribution < 1.29 is 14.3 Å². The van der Waals surface area contributed by atoms with Crippen LogP contribution >= 0.6 is 0 Å². The third kappa shape index (κ3) is 5.52. The van der Waals surface area contributed by atoms with Crippen LogP contribution in [0.2, 0.25) is 0 Å². The number of nitrogens with one attached hydrogen (secondary N) is 1. The fraction of sp³-hybridized carbons (Fsp3) is 0.429. The quantitative estimate of drug-likeness (QED) is 0.795. The first kappa shape index (κ1) is 19.8. The van der Waals surface area contributed by atoms with Gasteiger partial charge < -0.3 is 15.0 Å². The average molecular weight is 382 g/mol. The van der Waals surface area contributed by atoms with E-state index >= 15 is 0 Å². The number of hydrogen-bond acceptors (Lipinski definition) is 5. The van der Waals surface area contributed by atoms with Gasteiger partial charge in [0.1, 0.15) is 5.75 Å². The molecule has 7 heteroatoms. The molecule has 1 aliphatic heterocycles. The number of amides is 2. The Kier molecular flexibility index (Phi) is 6.94. The Morgan fingerprint density at radius 3 is 2.96 bits per heavy atom. The van der Waals surface area contributed by atoms with Crippen LogP contribution in [-0.4, -0.2) is 47.1 Å². The molecule has 1 aliphatic rings. The third-order valence-corrected chi connectivity index (χ3v) is 5.04. The predicted octanol–water partition coefficient (Wildman–Crippen LogP) is 2.43. The number of likely N-dealkylation sites (tertiary alicyclic amines) is 1. The van der Waals surface area contributed by atoms with Crippen LogP contribution in [0.5, 0.6) is 5.75 Å². The van der Waals surface area contributed by atoms with Gasteiger partial charge in [-0.1, -0.05) is 12.1 Å². The molecule has 0 radical (unpaired) electrons. The number of methoxy groups -OCH3 is 1. The number of rotatable bonds is 7. The van der Waals surface area contributed by atoms with Gasteiger partial charge in [-0.15, -0.1) is 0 Å². The molecule has 0 unspecified atom stereocenters. The molecule has 0 saturated carbocycles. The minimum Gasteiger partial charge on any atom is -0.497 e. The molecule has 2 heterocycles. The number of aromatic nitrogens is 2. The molecule has 1 aromatic heterocycles. The lowest BCUT2D eigenvalue weighted by Crippen LogP contribution is -2.40. The number of carbonyl (C=O) groups excluding carboxylic acids is 2. The van der Waals surface area contributed by atoms with Gasteiger partial charge in [0.25, 0.3) is 5.91 Å². The highest BCUT2D eigenvalue weighted by Gasteiger charge is 2.25. The highest BCUT2D eigenvalue weighted by atomic mass is 16.5. The first-order valence-corrected chi connectivity index (χ1v) is 9.61. The predicted molar refractivity (Wildman–Crippen MR) is 105 cm³/mol. The van der Waals surface area contributed by atoms with Gasteiger partial charge in [-0.05, 0) is 48.9 Å². The second-order valence-electron chi connectivity index (χ2n) is 7.06. The molecular weight excluding hydrogens is 356 g/mol. The van der Waals surface area contributed by atoms with E-state index in [-0.39, 0.29) is 11.8 Å². The lowest BCUT2D eigenvalue weighted by atomic mass is 9.93. The van der Waals surface area contributed by atoms with E-state index in [0.717, 1.165) is 37.1 Å². The van der Waals surface area contributed by atoms with Crippen LogP contribution in [0, 0.1) is 5.92 Å². The highest BCUT2D eigenvalue weighted by molar-refractivity contribution is 5.93. The molecule has 1 N–H and O–H groups in total. The van der Waals surface area contributed by atoms with Crippen LogP contribution in [0.4, 0.5) is 0 Å². The van der Waals surface area contributed by atoms with Crippen molar-refractivity contribution in [3.05, 3.63) is 53.9 Å². The molecule has 2 amide bonds. The van der Waals surface area contributed by atoms with Gasteiger partial charge in [0.2, 0.25) is 5.91 Å². The van der Waals surface area contributed by atoms with Crippen LogP contribution in [0.15, 0.2) is 42.7 Å². The lowest BCUT2D eigenvalue weighted by molar-refractivity contribution is -0.121. The van der Waals surface area contributed by atoms with E-state index in [1.54, 1.807) is 13.2 Å². The minimum atomic E-state index is -0.0120. The lowest BCUT2D eigenvalue weighted by Gasteiger charge is -2.32. The van der Waals surface area contributed by atoms with Crippen LogP contribution in [0.1, 0.15) is 41.6 Å². The largest absolute Gasteiger partial charge is 0.497 e. The number of nitrogens with zero attached hydrogens (tertiary/aromatic N) is 3. The molecule has 3 rings (SSSR count). The monoisotopic (exact) mass is 382 g/mol. The summed E-state index contributed by atoms with van der Waals surface area (Å²) in [4.78, 5) is 26.6. The Bertz CT molecular complexity index is 797. The van der Waals surface area contributed by atoms with E-state index in [2.05, 4.69) is 15.5 Å². The molecule has 7 nitrogen and oxygen atoms in total. The second kappa shape index (κ2) is 9.82. The number of carbonyl (C=O) groups is 2. The Morgan fingerprint density at radius 2 is 2.18 bits per heavy atom. The summed E-state index contributed by atoms with van der Waals surface area (Å²) < 4.78 is 5.20. The van der Waals surface area contributed by atoms with Crippen molar-refractivity contribution in [2.24, 2.45) is 5.92 Å². The van der Waals surface area contributed by atoms with E-state index < -0.39 is 0 Å². The topological polar surface area (TPSA) is 84.4 Å². The van der Waals surface area contributed by atoms with Crippen LogP contribution in [-0.2, 0) is 11.3 Å². The van der Waals surface area contributed by atoms with E-state index in [9.17, 15) is 9.59 Å². The summed E-state index contributed by atoms with van der Waals surface area (Å²) in [5.74, 6) is 1.14. The normalized spacial score (nSPS) is 16.5. The maximum Gasteiger partial charge on any atom is 0.255 e. The van der Waals surface area contributed by atoms with Crippen LogP contribution in [0.3, 0.4) is 0 Å². The SMILES string of the molecule is COc1cccc(CNC(=O)CC[C@@H]2CCCN(C(=O)c3ccnnc3)C2)c1. The summed E-state index contributed by atoms with van der Waals surface area (Å²) in [5, 5.41) is 10.5. The smallest absolute Gasteiger partial charge is 0.255 e. The fourth-order valence-electron chi connectivity index (χ4n) is 3.49. The molecule has 0 aliphatic carbocycles. The van der Waals surface area contributed by atoms with E-state index in [1.807, 2.05) is 29.2 Å². The average Bonchev–Trinajstić information content (AvgIpc) is 2.76. The Morgan fingerprint density at radius 1 is 1.29 bits per heavy atom. The van der Waals surface area contributed by atoms with Crippen molar-refractivity contribution in [2.45, 2.75) is 32.2 Å². The number of ether oxygens (including phenoxy) is 1. The molecule has 2 aromatic rings. The van der Waals surface area contributed by atoms with Gasteiger partial charge in [-0.3, -0.25) is 9.59 Å². The minimum absolute atomic E-state index is 0.0120. The molecule has 1 atom stereocenters. The zero-order valence-corrected chi connectivity index (χ0v) is 16.1. The van der Waals surface area contributed by atoms with Crippen molar-refractivity contribution in [2.75, 3.05) is 20.2 Å². The zero-order valence-electron chi connectivity index (χ0n) is 16.1. The number of hydrogen-bond donors (Lipinski definition) is 1. The molecular formula is C21H26N4O3. The van der Waals surface area contributed by atoms with E-state index in [0.29, 0.717) is 31.0 Å². The van der Waals surface area contributed by atoms with Gasteiger partial charge in [0.15, 0.2) is 0 Å². The van der Waals surface area contributed by atoms with Crippen molar-refractivity contribution in [3.63, 3.8) is 0 Å². The van der Waals surface area contributed by atoms with Gasteiger partial charge in [-0.25, -0.2) is 0 Å². The first-order chi connectivity index (χ1) is 13.7. The fourth-order valence-corrected chi connectivity index (χ4v) is 3.49. The summed E-state index contributed by atoms with van der Waals surface area (Å²) in [6.45, 7) is 1.92. The second-order valence-corrected chi connectivity index (χ2v) is 7.06. The summed E-state index contributed by atoms with van der Waals surface area (Å²) >= 11 is 0. The summed E-state index contributed by atoms with van der Waals surface area (Å²) in [5.41, 5.74) is 1.57. The van der Waals surface area contributed by atoms with Gasteiger partial charge in [-0.2, -0.15) is 10.2 Å². The van der Waals surface area contributed by atoms with Crippen molar-refractivity contribution >= 4 is 11.8 Å². The van der Waals surface area contributed by atoms with Gasteiger partial charge in [0, 0.05) is 26.1 Å². The summed E-state index contributed by atoms with van der Waals surface area (Å²) in [6.07, 6.45) is 6.27. The van der Waals surface area contributed by atoms with Crippen LogP contribution in [0.25, 0.3) is 0 Å². The Hall–Kier alpha value is -2.96. The number of benzene rings is 1. The molecule has 1 aromatic carbocycles. The molecule has 1 saturated heterocycles. The summed E-state index contributed by atoms with van der Waals surface area (Å²) in [6, 6.07) is 9.35. The Labute approximate surface area is 165 Å². The first-order valence-electron chi connectivity index (χ1n) is 9.61. The molecule has 148 valence electrons. The van der Waals surface area contributed by atoms with Gasteiger partial charge >= 0.3 is 0 Å². The Balaban J connectivity index is 1.43. The maximum atomic E-state index is 12.6. The highest BCUT2D eigenvalue weighted by Crippen LogP contribution is 2.22. The molecule has 0 bridgehead atoms. The molecule has 0 spiro atoms.